The third-order valence-electron chi connectivity index (χ3n) is 2.70. The van der Waals surface area contributed by atoms with E-state index in [0.717, 1.165) is 16.1 Å². The zero-order valence-corrected chi connectivity index (χ0v) is 10.4. The van der Waals surface area contributed by atoms with Crippen molar-refractivity contribution in [1.29, 1.82) is 0 Å². The molecule has 0 aliphatic rings. The summed E-state index contributed by atoms with van der Waals surface area (Å²) in [7, 11) is 0. The van der Waals surface area contributed by atoms with Crippen LogP contribution in [0.5, 0.6) is 0 Å². The van der Waals surface area contributed by atoms with E-state index >= 15 is 0 Å². The highest BCUT2D eigenvalue weighted by Crippen LogP contribution is 2.20. The maximum Gasteiger partial charge on any atom is 0.123 e. The van der Waals surface area contributed by atoms with Gasteiger partial charge < -0.3 is 11.1 Å². The molecule has 1 atom stereocenters. The van der Waals surface area contributed by atoms with E-state index in [0.29, 0.717) is 6.54 Å². The molecule has 1 aromatic carbocycles. The van der Waals surface area contributed by atoms with Crippen molar-refractivity contribution in [3.05, 3.63) is 52.0 Å². The Labute approximate surface area is 104 Å². The number of anilines is 1. The molecule has 0 unspecified atom stereocenters. The van der Waals surface area contributed by atoms with Crippen molar-refractivity contribution < 1.29 is 4.39 Å². The number of thiophene rings is 1. The van der Waals surface area contributed by atoms with Crippen molar-refractivity contribution in [3.8, 4) is 0 Å². The van der Waals surface area contributed by atoms with Gasteiger partial charge in [-0.3, -0.25) is 0 Å². The lowest BCUT2D eigenvalue weighted by atomic mass is 10.1. The number of hydrogen-bond acceptors (Lipinski definition) is 3. The molecule has 2 rings (SSSR count). The van der Waals surface area contributed by atoms with Crippen LogP contribution in [0.3, 0.4) is 0 Å². The normalized spacial score (nSPS) is 12.6. The first kappa shape index (κ1) is 12.1. The first-order valence-electron chi connectivity index (χ1n) is 5.47. The van der Waals surface area contributed by atoms with E-state index < -0.39 is 0 Å². The highest BCUT2D eigenvalue weighted by molar-refractivity contribution is 7.10. The molecule has 0 saturated carbocycles. The van der Waals surface area contributed by atoms with E-state index in [1.54, 1.807) is 23.5 Å². The van der Waals surface area contributed by atoms with Gasteiger partial charge in [-0.2, -0.15) is 0 Å². The van der Waals surface area contributed by atoms with Crippen molar-refractivity contribution in [3.63, 3.8) is 0 Å². The highest BCUT2D eigenvalue weighted by Gasteiger charge is 2.07. The van der Waals surface area contributed by atoms with E-state index in [4.69, 9.17) is 5.73 Å². The fraction of sp³-hybridized carbons (Fsp3) is 0.231. The largest absolute Gasteiger partial charge is 0.398 e. The Kier molecular flexibility index (Phi) is 3.76. The van der Waals surface area contributed by atoms with Crippen molar-refractivity contribution in [1.82, 2.24) is 5.32 Å². The van der Waals surface area contributed by atoms with Gasteiger partial charge in [0.15, 0.2) is 0 Å². The quantitative estimate of drug-likeness (QED) is 0.873. The van der Waals surface area contributed by atoms with Gasteiger partial charge in [-0.05, 0) is 36.1 Å². The van der Waals surface area contributed by atoms with Gasteiger partial charge in [0, 0.05) is 23.2 Å². The summed E-state index contributed by atoms with van der Waals surface area (Å²) < 4.78 is 13.1. The Balaban J connectivity index is 1.98. The molecule has 0 bridgehead atoms. The van der Waals surface area contributed by atoms with Crippen molar-refractivity contribution in [2.24, 2.45) is 0 Å². The molecule has 3 N–H and O–H groups in total. The van der Waals surface area contributed by atoms with Crippen molar-refractivity contribution >= 4 is 17.0 Å². The van der Waals surface area contributed by atoms with Gasteiger partial charge in [0.2, 0.25) is 0 Å². The Morgan fingerprint density at radius 3 is 2.88 bits per heavy atom. The number of nitrogen functional groups attached to an aromatic ring is 1. The fourth-order valence-electron chi connectivity index (χ4n) is 1.63. The standard InChI is InChI=1S/C13H15FN2S/c1-9(10-3-2-4-11(14)7-10)16-8-13-12(15)5-6-17-13/h2-7,9,16H,8,15H2,1H3/t9-/m1/s1. The molecule has 0 radical (unpaired) electrons. The molecule has 2 nitrogen and oxygen atoms in total. The van der Waals surface area contributed by atoms with Gasteiger partial charge in [0.1, 0.15) is 5.82 Å². The molecule has 0 spiro atoms. The molecule has 2 aromatic rings. The minimum absolute atomic E-state index is 0.104. The van der Waals surface area contributed by atoms with E-state index in [-0.39, 0.29) is 11.9 Å². The summed E-state index contributed by atoms with van der Waals surface area (Å²) in [5.41, 5.74) is 7.56. The van der Waals surface area contributed by atoms with Gasteiger partial charge in [0.05, 0.1) is 0 Å². The van der Waals surface area contributed by atoms with E-state index in [2.05, 4.69) is 5.32 Å². The maximum atomic E-state index is 13.1. The third kappa shape index (κ3) is 3.05. The van der Waals surface area contributed by atoms with E-state index in [1.807, 2.05) is 24.4 Å². The molecule has 1 aromatic heterocycles. The zero-order chi connectivity index (χ0) is 12.3. The predicted octanol–water partition coefficient (Wildman–Crippen LogP) is 3.32. The Hall–Kier alpha value is -1.39. The average Bonchev–Trinajstić information content (AvgIpc) is 2.72. The molecular formula is C13H15FN2S. The summed E-state index contributed by atoms with van der Waals surface area (Å²) in [6.07, 6.45) is 0. The molecule has 0 saturated heterocycles. The second-order valence-corrected chi connectivity index (χ2v) is 4.96. The number of hydrogen-bond donors (Lipinski definition) is 2. The van der Waals surface area contributed by atoms with Gasteiger partial charge in [-0.15, -0.1) is 11.3 Å². The maximum absolute atomic E-state index is 13.1. The third-order valence-corrected chi connectivity index (χ3v) is 3.63. The summed E-state index contributed by atoms with van der Waals surface area (Å²) >= 11 is 1.63. The Morgan fingerprint density at radius 1 is 1.41 bits per heavy atom. The molecule has 1 heterocycles. The highest BCUT2D eigenvalue weighted by atomic mass is 32.1. The van der Waals surface area contributed by atoms with Gasteiger partial charge in [0.25, 0.3) is 0 Å². The molecule has 0 fully saturated rings. The second kappa shape index (κ2) is 5.29. The van der Waals surface area contributed by atoms with Gasteiger partial charge in [-0.25, -0.2) is 4.39 Å². The van der Waals surface area contributed by atoms with E-state index in [1.165, 1.54) is 6.07 Å². The lowest BCUT2D eigenvalue weighted by Gasteiger charge is -2.14. The average molecular weight is 250 g/mol. The van der Waals surface area contributed by atoms with Crippen LogP contribution < -0.4 is 11.1 Å². The van der Waals surface area contributed by atoms with E-state index in [9.17, 15) is 4.39 Å². The van der Waals surface area contributed by atoms with Crippen LogP contribution in [0.4, 0.5) is 10.1 Å². The number of halogens is 1. The lowest BCUT2D eigenvalue weighted by molar-refractivity contribution is 0.569. The predicted molar refractivity (Wildman–Crippen MR) is 70.4 cm³/mol. The monoisotopic (exact) mass is 250 g/mol. The molecule has 17 heavy (non-hydrogen) atoms. The molecule has 90 valence electrons. The minimum atomic E-state index is -0.202. The lowest BCUT2D eigenvalue weighted by Crippen LogP contribution is -2.18. The van der Waals surface area contributed by atoms with Crippen LogP contribution in [0.15, 0.2) is 35.7 Å². The van der Waals surface area contributed by atoms with Crippen molar-refractivity contribution in [2.45, 2.75) is 19.5 Å². The summed E-state index contributed by atoms with van der Waals surface area (Å²) in [6.45, 7) is 2.72. The summed E-state index contributed by atoms with van der Waals surface area (Å²) in [6, 6.07) is 8.64. The van der Waals surface area contributed by atoms with Crippen LogP contribution in [-0.2, 0) is 6.54 Å². The Morgan fingerprint density at radius 2 is 2.24 bits per heavy atom. The molecule has 0 aliphatic carbocycles. The van der Waals surface area contributed by atoms with Crippen LogP contribution in [0.2, 0.25) is 0 Å². The van der Waals surface area contributed by atoms with Crippen LogP contribution in [0.25, 0.3) is 0 Å². The summed E-state index contributed by atoms with van der Waals surface area (Å²) in [5, 5.41) is 5.30. The smallest absolute Gasteiger partial charge is 0.123 e. The SMILES string of the molecule is C[C@@H](NCc1sccc1N)c1cccc(F)c1. The zero-order valence-electron chi connectivity index (χ0n) is 9.61. The molecule has 0 aliphatic heterocycles. The number of rotatable bonds is 4. The first-order valence-corrected chi connectivity index (χ1v) is 6.35. The number of nitrogens with one attached hydrogen (secondary N) is 1. The van der Waals surface area contributed by atoms with Crippen LogP contribution in [-0.4, -0.2) is 0 Å². The fourth-order valence-corrected chi connectivity index (χ4v) is 2.38. The summed E-state index contributed by atoms with van der Waals surface area (Å²) in [4.78, 5) is 1.12. The number of nitrogens with two attached hydrogens (primary N) is 1. The topological polar surface area (TPSA) is 38.0 Å². The van der Waals surface area contributed by atoms with Crippen LogP contribution in [0.1, 0.15) is 23.4 Å². The van der Waals surface area contributed by atoms with Gasteiger partial charge >= 0.3 is 0 Å². The second-order valence-electron chi connectivity index (χ2n) is 3.96. The van der Waals surface area contributed by atoms with Crippen LogP contribution in [0, 0.1) is 5.82 Å². The first-order chi connectivity index (χ1) is 8.16. The van der Waals surface area contributed by atoms with Crippen molar-refractivity contribution in [2.75, 3.05) is 5.73 Å². The molecular weight excluding hydrogens is 235 g/mol. The molecule has 4 heteroatoms. The summed E-state index contributed by atoms with van der Waals surface area (Å²) in [5.74, 6) is -0.202. The van der Waals surface area contributed by atoms with Gasteiger partial charge in [-0.1, -0.05) is 12.1 Å². The Bertz CT molecular complexity index is 496. The number of benzene rings is 1. The van der Waals surface area contributed by atoms with Crippen LogP contribution >= 0.6 is 11.3 Å². The minimum Gasteiger partial charge on any atom is -0.398 e. The molecule has 0 amide bonds.